The van der Waals surface area contributed by atoms with Gasteiger partial charge >= 0.3 is 0 Å². The van der Waals surface area contributed by atoms with Crippen molar-refractivity contribution in [3.8, 4) is 0 Å². The van der Waals surface area contributed by atoms with Crippen molar-refractivity contribution in [1.29, 1.82) is 0 Å². The first-order valence-electron chi connectivity index (χ1n) is 5.82. The summed E-state index contributed by atoms with van der Waals surface area (Å²) < 4.78 is 0. The van der Waals surface area contributed by atoms with E-state index in [0.29, 0.717) is 5.02 Å². The summed E-state index contributed by atoms with van der Waals surface area (Å²) in [5.41, 5.74) is 1.07. The topological polar surface area (TPSA) is 70.7 Å². The van der Waals surface area contributed by atoms with Gasteiger partial charge in [-0.05, 0) is 30.2 Å². The van der Waals surface area contributed by atoms with Crippen LogP contribution >= 0.6 is 23.4 Å². The second-order valence-electron chi connectivity index (χ2n) is 4.18. The third-order valence-corrected chi connectivity index (χ3v) is 4.30. The van der Waals surface area contributed by atoms with Crippen molar-refractivity contribution in [2.45, 2.75) is 17.4 Å². The predicted octanol–water partition coefficient (Wildman–Crippen LogP) is 2.42. The molecule has 1 aliphatic heterocycles. The van der Waals surface area contributed by atoms with E-state index in [9.17, 15) is 4.79 Å². The third kappa shape index (κ3) is 2.59. The molecule has 19 heavy (non-hydrogen) atoms. The molecule has 0 aliphatic carbocycles. The van der Waals surface area contributed by atoms with E-state index in [1.807, 2.05) is 18.2 Å². The number of benzene rings is 1. The Morgan fingerprint density at radius 1 is 1.53 bits per heavy atom. The lowest BCUT2D eigenvalue weighted by molar-refractivity contribution is 0.0925. The van der Waals surface area contributed by atoms with E-state index in [2.05, 4.69) is 20.5 Å². The molecule has 0 spiro atoms. The largest absolute Gasteiger partial charge is 0.342 e. The van der Waals surface area contributed by atoms with Crippen LogP contribution in [0.4, 0.5) is 0 Å². The van der Waals surface area contributed by atoms with Crippen LogP contribution in [0, 0.1) is 0 Å². The van der Waals surface area contributed by atoms with Crippen molar-refractivity contribution < 1.29 is 4.79 Å². The normalized spacial score (nSPS) is 17.8. The van der Waals surface area contributed by atoms with Gasteiger partial charge in [0.25, 0.3) is 5.91 Å². The Balaban J connectivity index is 1.84. The number of halogens is 1. The Hall–Kier alpha value is -1.53. The average molecular weight is 295 g/mol. The fraction of sp³-hybridized carbons (Fsp3) is 0.250. The first-order chi connectivity index (χ1) is 9.24. The summed E-state index contributed by atoms with van der Waals surface area (Å²) in [7, 11) is 0. The van der Waals surface area contributed by atoms with Crippen molar-refractivity contribution in [1.82, 2.24) is 20.5 Å². The zero-order valence-corrected chi connectivity index (χ0v) is 11.5. The summed E-state index contributed by atoms with van der Waals surface area (Å²) in [6.07, 6.45) is 2.19. The molecule has 0 bridgehead atoms. The van der Waals surface area contributed by atoms with E-state index in [-0.39, 0.29) is 17.8 Å². The number of thioether (sulfide) groups is 1. The Morgan fingerprint density at radius 2 is 2.42 bits per heavy atom. The van der Waals surface area contributed by atoms with Gasteiger partial charge in [0.15, 0.2) is 0 Å². The van der Waals surface area contributed by atoms with Crippen LogP contribution in [-0.2, 0) is 0 Å². The summed E-state index contributed by atoms with van der Waals surface area (Å²) >= 11 is 7.81. The number of hydrogen-bond acceptors (Lipinski definition) is 4. The molecule has 2 aromatic rings. The molecule has 0 radical (unpaired) electrons. The van der Waals surface area contributed by atoms with Crippen molar-refractivity contribution in [3.63, 3.8) is 0 Å². The van der Waals surface area contributed by atoms with Crippen LogP contribution in [0.3, 0.4) is 0 Å². The van der Waals surface area contributed by atoms with Crippen molar-refractivity contribution in [2.24, 2.45) is 0 Å². The number of aromatic amines is 1. The third-order valence-electron chi connectivity index (χ3n) is 2.95. The summed E-state index contributed by atoms with van der Waals surface area (Å²) in [6, 6.07) is 5.74. The molecule has 1 aliphatic rings. The molecule has 0 saturated carbocycles. The molecule has 1 aromatic carbocycles. The highest BCUT2D eigenvalue weighted by atomic mass is 35.5. The number of nitrogens with zero attached hydrogens (tertiary/aromatic N) is 2. The maximum Gasteiger partial charge on any atom is 0.289 e. The molecule has 1 amide bonds. The van der Waals surface area contributed by atoms with Gasteiger partial charge in [0.05, 0.1) is 6.04 Å². The highest BCUT2D eigenvalue weighted by Gasteiger charge is 2.23. The molecule has 1 unspecified atom stereocenters. The molecule has 0 saturated heterocycles. The SMILES string of the molecule is O=C(NC1CCSc2ccc(Cl)cc21)c1ncn[nH]1. The van der Waals surface area contributed by atoms with E-state index in [0.717, 1.165) is 17.7 Å². The van der Waals surface area contributed by atoms with Crippen LogP contribution in [0.2, 0.25) is 5.02 Å². The maximum absolute atomic E-state index is 12.0. The Morgan fingerprint density at radius 3 is 3.21 bits per heavy atom. The van der Waals surface area contributed by atoms with Gasteiger partial charge in [-0.2, -0.15) is 5.10 Å². The standard InChI is InChI=1S/C12H11ClN4OS/c13-7-1-2-10-8(5-7)9(3-4-19-10)16-12(18)11-14-6-15-17-11/h1-2,5-6,9H,3-4H2,(H,16,18)(H,14,15,17). The fourth-order valence-corrected chi connectivity index (χ4v) is 3.34. The summed E-state index contributed by atoms with van der Waals surface area (Å²) in [5, 5.41) is 9.87. The van der Waals surface area contributed by atoms with E-state index >= 15 is 0 Å². The number of amides is 1. The van der Waals surface area contributed by atoms with Gasteiger partial charge < -0.3 is 5.32 Å². The first-order valence-corrected chi connectivity index (χ1v) is 7.19. The van der Waals surface area contributed by atoms with Crippen LogP contribution in [0.25, 0.3) is 0 Å². The summed E-state index contributed by atoms with van der Waals surface area (Å²) in [5.74, 6) is 0.942. The minimum absolute atomic E-state index is 0.0347. The number of fused-ring (bicyclic) bond motifs is 1. The molecule has 0 fully saturated rings. The molecule has 5 nitrogen and oxygen atoms in total. The van der Waals surface area contributed by atoms with Crippen molar-refractivity contribution in [2.75, 3.05) is 5.75 Å². The van der Waals surface area contributed by atoms with Gasteiger partial charge in [-0.15, -0.1) is 11.8 Å². The number of hydrogen-bond donors (Lipinski definition) is 2. The minimum Gasteiger partial charge on any atom is -0.342 e. The lowest BCUT2D eigenvalue weighted by atomic mass is 10.0. The van der Waals surface area contributed by atoms with Gasteiger partial charge in [-0.25, -0.2) is 4.98 Å². The summed E-state index contributed by atoms with van der Waals surface area (Å²) in [6.45, 7) is 0. The van der Waals surface area contributed by atoms with Gasteiger partial charge in [0, 0.05) is 15.7 Å². The number of carbonyl (C=O) groups excluding carboxylic acids is 1. The lowest BCUT2D eigenvalue weighted by Crippen LogP contribution is -2.31. The summed E-state index contributed by atoms with van der Waals surface area (Å²) in [4.78, 5) is 17.0. The maximum atomic E-state index is 12.0. The molecule has 98 valence electrons. The molecule has 2 N–H and O–H groups in total. The highest BCUT2D eigenvalue weighted by molar-refractivity contribution is 7.99. The van der Waals surface area contributed by atoms with Gasteiger partial charge in [0.2, 0.25) is 5.82 Å². The number of carbonyl (C=O) groups is 1. The van der Waals surface area contributed by atoms with Crippen LogP contribution in [0.15, 0.2) is 29.4 Å². The first kappa shape index (κ1) is 12.5. The molecular weight excluding hydrogens is 284 g/mol. The number of nitrogens with one attached hydrogen (secondary N) is 2. The zero-order chi connectivity index (χ0) is 13.2. The second-order valence-corrected chi connectivity index (χ2v) is 5.75. The predicted molar refractivity (Wildman–Crippen MR) is 73.4 cm³/mol. The fourth-order valence-electron chi connectivity index (χ4n) is 2.06. The van der Waals surface area contributed by atoms with Crippen molar-refractivity contribution in [3.05, 3.63) is 40.9 Å². The van der Waals surface area contributed by atoms with E-state index in [4.69, 9.17) is 11.6 Å². The number of H-pyrrole nitrogens is 1. The molecule has 3 rings (SSSR count). The monoisotopic (exact) mass is 294 g/mol. The Kier molecular flexibility index (Phi) is 3.44. The smallest absolute Gasteiger partial charge is 0.289 e. The van der Waals surface area contributed by atoms with Gasteiger partial charge in [-0.3, -0.25) is 9.89 Å². The minimum atomic E-state index is -0.250. The van der Waals surface area contributed by atoms with Crippen LogP contribution in [0.5, 0.6) is 0 Å². The van der Waals surface area contributed by atoms with Crippen molar-refractivity contribution >= 4 is 29.3 Å². The van der Waals surface area contributed by atoms with E-state index in [1.165, 1.54) is 11.2 Å². The van der Waals surface area contributed by atoms with Crippen LogP contribution in [-0.4, -0.2) is 26.8 Å². The highest BCUT2D eigenvalue weighted by Crippen LogP contribution is 2.37. The second kappa shape index (κ2) is 5.22. The molecule has 7 heteroatoms. The zero-order valence-electron chi connectivity index (χ0n) is 9.89. The molecule has 1 aromatic heterocycles. The van der Waals surface area contributed by atoms with Gasteiger partial charge in [-0.1, -0.05) is 11.6 Å². The van der Waals surface area contributed by atoms with E-state index in [1.54, 1.807) is 11.8 Å². The van der Waals surface area contributed by atoms with Gasteiger partial charge in [0.1, 0.15) is 6.33 Å². The molecule has 2 heterocycles. The lowest BCUT2D eigenvalue weighted by Gasteiger charge is -2.25. The molecule has 1 atom stereocenters. The average Bonchev–Trinajstić information content (AvgIpc) is 2.93. The van der Waals surface area contributed by atoms with E-state index < -0.39 is 0 Å². The number of rotatable bonds is 2. The van der Waals surface area contributed by atoms with Crippen LogP contribution in [0.1, 0.15) is 28.6 Å². The molecular formula is C12H11ClN4OS. The quantitative estimate of drug-likeness (QED) is 0.892. The number of aromatic nitrogens is 3. The Bertz CT molecular complexity index is 602. The Labute approximate surface area is 119 Å². The van der Waals surface area contributed by atoms with Crippen LogP contribution < -0.4 is 5.32 Å².